The van der Waals surface area contributed by atoms with Gasteiger partial charge in [0.25, 0.3) is 0 Å². The summed E-state index contributed by atoms with van der Waals surface area (Å²) in [6, 6.07) is 15.2. The van der Waals surface area contributed by atoms with Gasteiger partial charge >= 0.3 is 0 Å². The van der Waals surface area contributed by atoms with Crippen LogP contribution in [0.25, 0.3) is 0 Å². The molecule has 1 unspecified atom stereocenters. The Labute approximate surface area is 135 Å². The summed E-state index contributed by atoms with van der Waals surface area (Å²) in [5.74, 6) is 2.19. The lowest BCUT2D eigenvalue weighted by molar-refractivity contribution is 0.871. The maximum Gasteiger partial charge on any atom is 0.0659 e. The van der Waals surface area contributed by atoms with Gasteiger partial charge in [-0.3, -0.25) is 0 Å². The zero-order valence-electron chi connectivity index (χ0n) is 12.3. The maximum atomic E-state index is 6.36. The highest BCUT2D eigenvalue weighted by Crippen LogP contribution is 2.35. The van der Waals surface area contributed by atoms with Gasteiger partial charge in [0, 0.05) is 31.3 Å². The van der Waals surface area contributed by atoms with Crippen LogP contribution in [0.4, 0.5) is 11.4 Å². The van der Waals surface area contributed by atoms with E-state index in [1.165, 1.54) is 11.1 Å². The molecular formula is C17H19ClN2S. The van der Waals surface area contributed by atoms with Gasteiger partial charge in [-0.05, 0) is 29.3 Å². The quantitative estimate of drug-likeness (QED) is 0.874. The zero-order valence-corrected chi connectivity index (χ0v) is 13.8. The van der Waals surface area contributed by atoms with Crippen molar-refractivity contribution in [1.82, 2.24) is 0 Å². The molecule has 2 aromatic carbocycles. The van der Waals surface area contributed by atoms with E-state index in [0.29, 0.717) is 6.04 Å². The first-order valence-electron chi connectivity index (χ1n) is 7.04. The normalized spacial score (nSPS) is 17.2. The summed E-state index contributed by atoms with van der Waals surface area (Å²) in [6.07, 6.45) is 0. The summed E-state index contributed by atoms with van der Waals surface area (Å²) in [4.78, 5) is 2.03. The fourth-order valence-corrected chi connectivity index (χ4v) is 4.11. The minimum atomic E-state index is 0.348. The van der Waals surface area contributed by atoms with E-state index in [4.69, 9.17) is 11.6 Å². The van der Waals surface area contributed by atoms with Crippen LogP contribution in [0.2, 0.25) is 5.02 Å². The molecule has 4 heteroatoms. The Morgan fingerprint density at radius 3 is 2.76 bits per heavy atom. The highest BCUT2D eigenvalue weighted by Gasteiger charge is 2.20. The van der Waals surface area contributed by atoms with Gasteiger partial charge in [0.1, 0.15) is 0 Å². The highest BCUT2D eigenvalue weighted by molar-refractivity contribution is 7.98. The predicted molar refractivity (Wildman–Crippen MR) is 94.7 cm³/mol. The number of nitrogens with zero attached hydrogens (tertiary/aromatic N) is 1. The van der Waals surface area contributed by atoms with Crippen molar-refractivity contribution in [2.24, 2.45) is 0 Å². The van der Waals surface area contributed by atoms with Crippen molar-refractivity contribution < 1.29 is 0 Å². The van der Waals surface area contributed by atoms with Crippen LogP contribution >= 0.6 is 23.4 Å². The van der Waals surface area contributed by atoms with Crippen molar-refractivity contribution in [2.45, 2.75) is 11.8 Å². The monoisotopic (exact) mass is 318 g/mol. The van der Waals surface area contributed by atoms with Gasteiger partial charge in [0.15, 0.2) is 0 Å². The van der Waals surface area contributed by atoms with E-state index in [1.54, 1.807) is 0 Å². The summed E-state index contributed by atoms with van der Waals surface area (Å²) in [7, 11) is 4.00. The molecule has 1 heterocycles. The average molecular weight is 319 g/mol. The second-order valence-corrected chi connectivity index (χ2v) is 6.91. The van der Waals surface area contributed by atoms with Gasteiger partial charge in [-0.2, -0.15) is 11.8 Å². The summed E-state index contributed by atoms with van der Waals surface area (Å²) >= 11 is 8.33. The molecule has 1 atom stereocenters. The van der Waals surface area contributed by atoms with Gasteiger partial charge in [-0.15, -0.1) is 0 Å². The smallest absolute Gasteiger partial charge is 0.0659 e. The van der Waals surface area contributed by atoms with Gasteiger partial charge < -0.3 is 10.2 Å². The van der Waals surface area contributed by atoms with E-state index in [2.05, 4.69) is 41.7 Å². The molecule has 1 aliphatic rings. The van der Waals surface area contributed by atoms with Crippen molar-refractivity contribution in [3.63, 3.8) is 0 Å². The van der Waals surface area contributed by atoms with E-state index < -0.39 is 0 Å². The number of rotatable bonds is 3. The fourth-order valence-electron chi connectivity index (χ4n) is 2.66. The topological polar surface area (TPSA) is 15.3 Å². The molecule has 3 rings (SSSR count). The Kier molecular flexibility index (Phi) is 4.32. The Hall–Kier alpha value is -1.32. The van der Waals surface area contributed by atoms with Crippen LogP contribution in [-0.2, 0) is 5.75 Å². The lowest BCUT2D eigenvalue weighted by atomic mass is 10.0. The summed E-state index contributed by atoms with van der Waals surface area (Å²) in [6.45, 7) is 0. The highest BCUT2D eigenvalue weighted by atomic mass is 35.5. The molecule has 110 valence electrons. The van der Waals surface area contributed by atoms with Gasteiger partial charge in [-0.1, -0.05) is 35.9 Å². The lowest BCUT2D eigenvalue weighted by Gasteiger charge is -2.27. The van der Waals surface area contributed by atoms with E-state index in [9.17, 15) is 0 Å². The molecule has 0 aliphatic carbocycles. The molecule has 0 fully saturated rings. The Morgan fingerprint density at radius 1 is 1.19 bits per heavy atom. The number of anilines is 2. The first-order valence-corrected chi connectivity index (χ1v) is 8.57. The van der Waals surface area contributed by atoms with Crippen molar-refractivity contribution >= 4 is 34.7 Å². The van der Waals surface area contributed by atoms with Crippen LogP contribution in [0.15, 0.2) is 42.5 Å². The van der Waals surface area contributed by atoms with Crippen LogP contribution in [-0.4, -0.2) is 19.8 Å². The maximum absolute atomic E-state index is 6.36. The van der Waals surface area contributed by atoms with Crippen LogP contribution < -0.4 is 10.2 Å². The number of thioether (sulfide) groups is 1. The first kappa shape index (κ1) is 14.6. The molecule has 2 nitrogen and oxygen atoms in total. The number of nitrogens with one attached hydrogen (secondary N) is 1. The van der Waals surface area contributed by atoms with Crippen molar-refractivity contribution in [3.05, 3.63) is 58.6 Å². The largest absolute Gasteiger partial charge is 0.377 e. The third kappa shape index (κ3) is 3.14. The van der Waals surface area contributed by atoms with Crippen LogP contribution in [0.1, 0.15) is 17.2 Å². The Bertz CT molecular complexity index is 642. The second kappa shape index (κ2) is 6.20. The fraction of sp³-hybridized carbons (Fsp3) is 0.294. The number of hydrogen-bond acceptors (Lipinski definition) is 3. The summed E-state index contributed by atoms with van der Waals surface area (Å²) < 4.78 is 0. The molecular weight excluding hydrogens is 300 g/mol. The van der Waals surface area contributed by atoms with Crippen LogP contribution in [0.3, 0.4) is 0 Å². The molecule has 21 heavy (non-hydrogen) atoms. The number of benzene rings is 2. The Balaban J connectivity index is 1.83. The summed E-state index contributed by atoms with van der Waals surface area (Å²) in [5, 5.41) is 4.40. The Morgan fingerprint density at radius 2 is 2.00 bits per heavy atom. The number of fused-ring (bicyclic) bond motifs is 1. The minimum absolute atomic E-state index is 0.348. The molecule has 0 saturated carbocycles. The van der Waals surface area contributed by atoms with Crippen molar-refractivity contribution in [1.29, 1.82) is 0 Å². The average Bonchev–Trinajstić information content (AvgIpc) is 2.47. The van der Waals surface area contributed by atoms with Gasteiger partial charge in [-0.25, -0.2) is 0 Å². The number of hydrogen-bond donors (Lipinski definition) is 1. The molecule has 1 aliphatic heterocycles. The van der Waals surface area contributed by atoms with Crippen LogP contribution in [0.5, 0.6) is 0 Å². The van der Waals surface area contributed by atoms with Crippen molar-refractivity contribution in [3.8, 4) is 0 Å². The van der Waals surface area contributed by atoms with E-state index in [0.717, 1.165) is 27.9 Å². The summed E-state index contributed by atoms with van der Waals surface area (Å²) in [5.41, 5.74) is 4.96. The van der Waals surface area contributed by atoms with E-state index in [1.807, 2.05) is 36.8 Å². The predicted octanol–water partition coefficient (Wildman–Crippen LogP) is 4.81. The first-order chi connectivity index (χ1) is 10.1. The third-order valence-electron chi connectivity index (χ3n) is 3.74. The van der Waals surface area contributed by atoms with Crippen molar-refractivity contribution in [2.75, 3.05) is 30.1 Å². The molecule has 0 bridgehead atoms. The molecule has 2 aromatic rings. The van der Waals surface area contributed by atoms with Gasteiger partial charge in [0.05, 0.1) is 16.8 Å². The SMILES string of the molecule is CN(C)c1ccc(NC2CSCc3ccccc32)cc1Cl. The minimum Gasteiger partial charge on any atom is -0.377 e. The second-order valence-electron chi connectivity index (χ2n) is 5.47. The molecule has 0 spiro atoms. The molecule has 0 saturated heterocycles. The molecule has 0 amide bonds. The number of halogens is 1. The van der Waals surface area contributed by atoms with E-state index in [-0.39, 0.29) is 0 Å². The zero-order chi connectivity index (χ0) is 14.8. The standard InChI is InChI=1S/C17H19ClN2S/c1-20(2)17-8-7-13(9-15(17)18)19-16-11-21-10-12-5-3-4-6-14(12)16/h3-9,16,19H,10-11H2,1-2H3. The molecule has 0 radical (unpaired) electrons. The molecule has 1 N–H and O–H groups in total. The molecule has 0 aromatic heterocycles. The van der Waals surface area contributed by atoms with E-state index >= 15 is 0 Å². The lowest BCUT2D eigenvalue weighted by Crippen LogP contribution is -2.18. The van der Waals surface area contributed by atoms with Crippen LogP contribution in [0, 0.1) is 0 Å². The van der Waals surface area contributed by atoms with Gasteiger partial charge in [0.2, 0.25) is 0 Å². The third-order valence-corrected chi connectivity index (χ3v) is 5.13.